The van der Waals surface area contributed by atoms with Crippen LogP contribution in [0, 0.1) is 0 Å². The molecule has 0 bridgehead atoms. The lowest BCUT2D eigenvalue weighted by molar-refractivity contribution is -0.143. The van der Waals surface area contributed by atoms with E-state index in [1.165, 1.54) is 0 Å². The third-order valence-corrected chi connectivity index (χ3v) is 4.58. The van der Waals surface area contributed by atoms with Crippen LogP contribution in [0.4, 0.5) is 13.2 Å². The van der Waals surface area contributed by atoms with Gasteiger partial charge in [0.2, 0.25) is 0 Å². The van der Waals surface area contributed by atoms with E-state index in [2.05, 4.69) is 0 Å². The van der Waals surface area contributed by atoms with E-state index in [0.29, 0.717) is 13.0 Å². The molecule has 0 aliphatic heterocycles. The number of ether oxygens (including phenoxy) is 1. The molecule has 1 unspecified atom stereocenters. The summed E-state index contributed by atoms with van der Waals surface area (Å²) >= 11 is 1.58. The summed E-state index contributed by atoms with van der Waals surface area (Å²) in [5.74, 6) is 0.664. The van der Waals surface area contributed by atoms with Crippen LogP contribution in [-0.2, 0) is 9.53 Å². The normalized spacial score (nSPS) is 13.1. The molecular weight excluding hydrogens is 313 g/mol. The first kappa shape index (κ1) is 21.6. The molecular formula is C16H29F3O2S. The number of esters is 1. The molecule has 0 saturated heterocycles. The molecule has 0 amide bonds. The molecule has 0 rings (SSSR count). The van der Waals surface area contributed by atoms with Crippen LogP contribution >= 0.6 is 11.8 Å². The molecule has 0 spiro atoms. The van der Waals surface area contributed by atoms with Crippen LogP contribution in [0.1, 0.15) is 71.6 Å². The average Bonchev–Trinajstić information content (AvgIpc) is 2.44. The summed E-state index contributed by atoms with van der Waals surface area (Å²) in [6.07, 6.45) is 1.30. The molecule has 1 atom stereocenters. The van der Waals surface area contributed by atoms with Crippen LogP contribution in [0.3, 0.4) is 0 Å². The Bertz CT molecular complexity index is 283. The van der Waals surface area contributed by atoms with Crippen LogP contribution in [0.25, 0.3) is 0 Å². The van der Waals surface area contributed by atoms with Gasteiger partial charge in [0.1, 0.15) is 5.25 Å². The molecule has 6 heteroatoms. The lowest BCUT2D eigenvalue weighted by Crippen LogP contribution is -2.21. The Balaban J connectivity index is 3.74. The largest absolute Gasteiger partial charge is 0.465 e. The molecule has 22 heavy (non-hydrogen) atoms. The van der Waals surface area contributed by atoms with Crippen molar-refractivity contribution in [2.45, 2.75) is 83.1 Å². The maximum atomic E-state index is 12.0. The van der Waals surface area contributed by atoms with Crippen molar-refractivity contribution in [2.24, 2.45) is 0 Å². The topological polar surface area (TPSA) is 26.3 Å². The lowest BCUT2D eigenvalue weighted by Gasteiger charge is -2.15. The third kappa shape index (κ3) is 13.3. The van der Waals surface area contributed by atoms with Crippen molar-refractivity contribution in [3.63, 3.8) is 0 Å². The Morgan fingerprint density at radius 1 is 1.05 bits per heavy atom. The molecule has 0 fully saturated rings. The van der Waals surface area contributed by atoms with E-state index in [1.807, 2.05) is 13.8 Å². The highest BCUT2D eigenvalue weighted by molar-refractivity contribution is 8.00. The van der Waals surface area contributed by atoms with E-state index in [4.69, 9.17) is 4.74 Å². The Morgan fingerprint density at radius 2 is 1.73 bits per heavy atom. The number of halogens is 3. The monoisotopic (exact) mass is 342 g/mol. The zero-order valence-electron chi connectivity index (χ0n) is 13.7. The number of unbranched alkanes of at least 4 members (excludes halogenated alkanes) is 4. The van der Waals surface area contributed by atoms with Gasteiger partial charge >= 0.3 is 12.1 Å². The molecule has 0 saturated carbocycles. The smallest absolute Gasteiger partial charge is 0.389 e. The molecule has 2 nitrogen and oxygen atoms in total. The van der Waals surface area contributed by atoms with Gasteiger partial charge in [-0.05, 0) is 31.4 Å². The second kappa shape index (κ2) is 13.1. The van der Waals surface area contributed by atoms with E-state index in [0.717, 1.165) is 44.3 Å². The number of alkyl halides is 3. The van der Waals surface area contributed by atoms with Gasteiger partial charge in [-0.2, -0.15) is 13.2 Å². The molecule has 0 radical (unpaired) electrons. The van der Waals surface area contributed by atoms with Gasteiger partial charge in [-0.1, -0.05) is 39.5 Å². The summed E-state index contributed by atoms with van der Waals surface area (Å²) in [5, 5.41) is -0.128. The van der Waals surface area contributed by atoms with Crippen molar-refractivity contribution < 1.29 is 22.7 Å². The second-order valence-electron chi connectivity index (χ2n) is 5.45. The van der Waals surface area contributed by atoms with Crippen molar-refractivity contribution in [2.75, 3.05) is 12.4 Å². The fourth-order valence-corrected chi connectivity index (χ4v) is 3.21. The number of thioether (sulfide) groups is 1. The number of carbonyl (C=O) groups is 1. The standard InChI is InChI=1S/C16H29F3O2S/c1-3-5-12-21-15(20)14(10-4-2)22-13-9-7-6-8-11-16(17,18)19/h14H,3-13H2,1-2H3. The molecule has 132 valence electrons. The van der Waals surface area contributed by atoms with E-state index < -0.39 is 12.6 Å². The highest BCUT2D eigenvalue weighted by Gasteiger charge is 2.25. The summed E-state index contributed by atoms with van der Waals surface area (Å²) in [5.41, 5.74) is 0. The molecule has 0 aromatic carbocycles. The maximum absolute atomic E-state index is 12.0. The SMILES string of the molecule is CCCCOC(=O)C(CCC)SCCCCCCC(F)(F)F. The van der Waals surface area contributed by atoms with Crippen molar-refractivity contribution in [3.05, 3.63) is 0 Å². The van der Waals surface area contributed by atoms with Gasteiger partial charge in [0, 0.05) is 6.42 Å². The minimum Gasteiger partial charge on any atom is -0.465 e. The van der Waals surface area contributed by atoms with E-state index in [9.17, 15) is 18.0 Å². The first-order valence-corrected chi connectivity index (χ1v) is 9.30. The predicted octanol–water partition coefficient (Wildman–Crippen LogP) is 5.74. The van der Waals surface area contributed by atoms with Crippen LogP contribution in [-0.4, -0.2) is 29.8 Å². The Hall–Kier alpha value is -0.390. The van der Waals surface area contributed by atoms with Crippen LogP contribution in [0.15, 0.2) is 0 Å². The Labute approximate surface area is 136 Å². The van der Waals surface area contributed by atoms with Crippen molar-refractivity contribution in [1.29, 1.82) is 0 Å². The van der Waals surface area contributed by atoms with E-state index >= 15 is 0 Å². The van der Waals surface area contributed by atoms with Crippen molar-refractivity contribution in [1.82, 2.24) is 0 Å². The van der Waals surface area contributed by atoms with Crippen LogP contribution < -0.4 is 0 Å². The summed E-state index contributed by atoms with van der Waals surface area (Å²) in [7, 11) is 0. The van der Waals surface area contributed by atoms with Gasteiger partial charge in [-0.25, -0.2) is 0 Å². The van der Waals surface area contributed by atoms with Gasteiger partial charge in [-0.3, -0.25) is 4.79 Å². The zero-order chi connectivity index (χ0) is 16.8. The van der Waals surface area contributed by atoms with E-state index in [-0.39, 0.29) is 17.6 Å². The third-order valence-electron chi connectivity index (χ3n) is 3.23. The maximum Gasteiger partial charge on any atom is 0.389 e. The van der Waals surface area contributed by atoms with Gasteiger partial charge in [0.05, 0.1) is 6.61 Å². The molecule has 0 aromatic rings. The molecule has 0 aliphatic carbocycles. The summed E-state index contributed by atoms with van der Waals surface area (Å²) < 4.78 is 41.2. The quantitative estimate of drug-likeness (QED) is 0.315. The Kier molecular flexibility index (Phi) is 12.9. The average molecular weight is 342 g/mol. The van der Waals surface area contributed by atoms with Gasteiger partial charge in [0.15, 0.2) is 0 Å². The first-order chi connectivity index (χ1) is 10.4. The molecule has 0 N–H and O–H groups in total. The van der Waals surface area contributed by atoms with Crippen molar-refractivity contribution >= 4 is 17.7 Å². The minimum atomic E-state index is -4.04. The van der Waals surface area contributed by atoms with E-state index in [1.54, 1.807) is 11.8 Å². The van der Waals surface area contributed by atoms with Gasteiger partial charge in [0.25, 0.3) is 0 Å². The van der Waals surface area contributed by atoms with Gasteiger partial charge < -0.3 is 4.74 Å². The summed E-state index contributed by atoms with van der Waals surface area (Å²) in [6, 6.07) is 0. The predicted molar refractivity (Wildman–Crippen MR) is 86.2 cm³/mol. The van der Waals surface area contributed by atoms with Crippen molar-refractivity contribution in [3.8, 4) is 0 Å². The highest BCUT2D eigenvalue weighted by Crippen LogP contribution is 2.24. The number of hydrogen-bond donors (Lipinski definition) is 0. The summed E-state index contributed by atoms with van der Waals surface area (Å²) in [4.78, 5) is 11.9. The number of carbonyl (C=O) groups excluding carboxylic acids is 1. The molecule has 0 heterocycles. The zero-order valence-corrected chi connectivity index (χ0v) is 14.5. The number of hydrogen-bond acceptors (Lipinski definition) is 3. The fourth-order valence-electron chi connectivity index (χ4n) is 1.95. The second-order valence-corrected chi connectivity index (χ2v) is 6.76. The first-order valence-electron chi connectivity index (χ1n) is 8.25. The number of rotatable bonds is 13. The summed E-state index contributed by atoms with van der Waals surface area (Å²) in [6.45, 7) is 4.56. The highest BCUT2D eigenvalue weighted by atomic mass is 32.2. The molecule has 0 aliphatic rings. The fraction of sp³-hybridized carbons (Fsp3) is 0.938. The van der Waals surface area contributed by atoms with Crippen LogP contribution in [0.5, 0.6) is 0 Å². The minimum absolute atomic E-state index is 0.128. The lowest BCUT2D eigenvalue weighted by atomic mass is 10.1. The Morgan fingerprint density at radius 3 is 2.32 bits per heavy atom. The van der Waals surface area contributed by atoms with Gasteiger partial charge in [-0.15, -0.1) is 11.8 Å². The molecule has 0 aromatic heterocycles. The van der Waals surface area contributed by atoms with Crippen LogP contribution in [0.2, 0.25) is 0 Å².